The number of hydrogen-bond donors (Lipinski definition) is 3. The molecule has 1 saturated heterocycles. The Balaban J connectivity index is 2.10. The van der Waals surface area contributed by atoms with E-state index in [1.54, 1.807) is 0 Å². The predicted octanol–water partition coefficient (Wildman–Crippen LogP) is -0.928. The number of terminal acetylenes is 1. The molecule has 0 bridgehead atoms. The van der Waals surface area contributed by atoms with Crippen LogP contribution in [0.25, 0.3) is 11.2 Å². The minimum absolute atomic E-state index is 0.0704. The van der Waals surface area contributed by atoms with Crippen LogP contribution in [0, 0.1) is 12.3 Å². The number of aliphatic hydroxyl groups is 3. The molecule has 0 aliphatic carbocycles. The summed E-state index contributed by atoms with van der Waals surface area (Å²) in [4.78, 5) is 12.0. The Labute approximate surface area is 124 Å². The average Bonchev–Trinajstić information content (AvgIpc) is 3.02. The van der Waals surface area contributed by atoms with Crippen molar-refractivity contribution < 1.29 is 20.1 Å². The summed E-state index contributed by atoms with van der Waals surface area (Å²) in [7, 11) is 0. The summed E-state index contributed by atoms with van der Waals surface area (Å²) in [5.41, 5.74) is 0.575. The molecular formula is C12H11ClN4O4. The van der Waals surface area contributed by atoms with Crippen LogP contribution in [0.1, 0.15) is 12.1 Å². The Bertz CT molecular complexity index is 728. The van der Waals surface area contributed by atoms with E-state index in [4.69, 9.17) is 27.9 Å². The van der Waals surface area contributed by atoms with Crippen molar-refractivity contribution in [2.45, 2.75) is 24.5 Å². The molecule has 0 spiro atoms. The molecule has 0 unspecified atom stereocenters. The van der Waals surface area contributed by atoms with Gasteiger partial charge in [0.1, 0.15) is 23.8 Å². The zero-order chi connectivity index (χ0) is 15.1. The van der Waals surface area contributed by atoms with Gasteiger partial charge in [0, 0.05) is 0 Å². The molecule has 0 radical (unpaired) electrons. The van der Waals surface area contributed by atoms with Crippen molar-refractivity contribution in [2.24, 2.45) is 0 Å². The lowest BCUT2D eigenvalue weighted by Crippen LogP contribution is -2.33. The monoisotopic (exact) mass is 310 g/mol. The average molecular weight is 311 g/mol. The van der Waals surface area contributed by atoms with Gasteiger partial charge >= 0.3 is 0 Å². The molecule has 2 aromatic rings. The maximum absolute atomic E-state index is 10.0. The number of aliphatic hydroxyl groups excluding tert-OH is 3. The number of halogens is 1. The molecule has 4 atom stereocenters. The minimum atomic E-state index is -1.25. The minimum Gasteiger partial charge on any atom is -0.394 e. The second-order valence-electron chi connectivity index (χ2n) is 4.54. The van der Waals surface area contributed by atoms with Gasteiger partial charge in [-0.15, -0.1) is 6.42 Å². The topological polar surface area (TPSA) is 114 Å². The lowest BCUT2D eigenvalue weighted by atomic mass is 10.1. The SMILES string of the molecule is C#Cc1nc(Cl)c2ncn([C@@H]3O[C@H](CO)[C@@H](O)[C@H]3O)c2n1. The Morgan fingerprint density at radius 3 is 2.76 bits per heavy atom. The van der Waals surface area contributed by atoms with E-state index in [-0.39, 0.29) is 16.6 Å². The zero-order valence-electron chi connectivity index (χ0n) is 10.6. The van der Waals surface area contributed by atoms with Crippen LogP contribution in [-0.4, -0.2) is 59.8 Å². The van der Waals surface area contributed by atoms with E-state index in [0.717, 1.165) is 0 Å². The molecule has 2 aromatic heterocycles. The standard InChI is InChI=1S/C12H11ClN4O4/c1-2-6-15-10(13)7-11(16-6)17(4-14-7)12-9(20)8(19)5(3-18)21-12/h1,4-5,8-9,12,18-20H,3H2/t5-,8-,9-,12-/m1/s1. The van der Waals surface area contributed by atoms with Crippen molar-refractivity contribution in [3.05, 3.63) is 17.3 Å². The first-order valence-electron chi connectivity index (χ1n) is 6.06. The first-order chi connectivity index (χ1) is 10.1. The highest BCUT2D eigenvalue weighted by Crippen LogP contribution is 2.32. The van der Waals surface area contributed by atoms with Gasteiger partial charge in [-0.1, -0.05) is 11.6 Å². The van der Waals surface area contributed by atoms with Crippen LogP contribution in [0.15, 0.2) is 6.33 Å². The van der Waals surface area contributed by atoms with Gasteiger partial charge in [-0.3, -0.25) is 4.57 Å². The highest BCUT2D eigenvalue weighted by atomic mass is 35.5. The van der Waals surface area contributed by atoms with Crippen LogP contribution in [0.4, 0.5) is 0 Å². The first kappa shape index (κ1) is 14.2. The highest BCUT2D eigenvalue weighted by Gasteiger charge is 2.44. The van der Waals surface area contributed by atoms with Crippen molar-refractivity contribution in [2.75, 3.05) is 6.61 Å². The van der Waals surface area contributed by atoms with Gasteiger partial charge in [-0.05, 0) is 5.92 Å². The van der Waals surface area contributed by atoms with E-state index in [1.807, 2.05) is 0 Å². The van der Waals surface area contributed by atoms with Crippen LogP contribution in [0.5, 0.6) is 0 Å². The van der Waals surface area contributed by atoms with Crippen molar-refractivity contribution >= 4 is 22.8 Å². The normalized spacial score (nSPS) is 28.9. The highest BCUT2D eigenvalue weighted by molar-refractivity contribution is 6.33. The summed E-state index contributed by atoms with van der Waals surface area (Å²) in [6.45, 7) is -0.424. The number of imidazole rings is 1. The molecule has 21 heavy (non-hydrogen) atoms. The van der Waals surface area contributed by atoms with Crippen molar-refractivity contribution in [3.8, 4) is 12.3 Å². The molecule has 3 rings (SSSR count). The Morgan fingerprint density at radius 1 is 1.38 bits per heavy atom. The Hall–Kier alpha value is -1.76. The third-order valence-corrected chi connectivity index (χ3v) is 3.56. The molecule has 0 aromatic carbocycles. The zero-order valence-corrected chi connectivity index (χ0v) is 11.3. The van der Waals surface area contributed by atoms with Gasteiger partial charge in [0.15, 0.2) is 17.0 Å². The molecule has 0 amide bonds. The van der Waals surface area contributed by atoms with E-state index in [1.165, 1.54) is 10.9 Å². The second kappa shape index (κ2) is 5.22. The Morgan fingerprint density at radius 2 is 2.14 bits per heavy atom. The third-order valence-electron chi connectivity index (χ3n) is 3.30. The van der Waals surface area contributed by atoms with Crippen LogP contribution in [-0.2, 0) is 4.74 Å². The van der Waals surface area contributed by atoms with Crippen molar-refractivity contribution in [3.63, 3.8) is 0 Å². The fourth-order valence-electron chi connectivity index (χ4n) is 2.24. The van der Waals surface area contributed by atoms with Gasteiger partial charge in [0.05, 0.1) is 12.9 Å². The van der Waals surface area contributed by atoms with E-state index < -0.39 is 31.1 Å². The number of fused-ring (bicyclic) bond motifs is 1. The van der Waals surface area contributed by atoms with Gasteiger partial charge in [-0.25, -0.2) is 15.0 Å². The number of hydrogen-bond acceptors (Lipinski definition) is 7. The summed E-state index contributed by atoms with van der Waals surface area (Å²) in [5, 5.41) is 29.0. The van der Waals surface area contributed by atoms with Crippen molar-refractivity contribution in [1.82, 2.24) is 19.5 Å². The molecule has 9 heteroatoms. The summed E-state index contributed by atoms with van der Waals surface area (Å²) in [5.74, 6) is 2.34. The molecule has 0 saturated carbocycles. The van der Waals surface area contributed by atoms with Crippen LogP contribution in [0.3, 0.4) is 0 Å². The number of rotatable bonds is 2. The lowest BCUT2D eigenvalue weighted by molar-refractivity contribution is -0.0511. The van der Waals surface area contributed by atoms with Crippen LogP contribution >= 0.6 is 11.6 Å². The predicted molar refractivity (Wildman–Crippen MR) is 71.3 cm³/mol. The molecule has 1 fully saturated rings. The van der Waals surface area contributed by atoms with E-state index >= 15 is 0 Å². The maximum Gasteiger partial charge on any atom is 0.208 e. The lowest BCUT2D eigenvalue weighted by Gasteiger charge is -2.16. The number of aromatic nitrogens is 4. The Kier molecular flexibility index (Phi) is 3.52. The van der Waals surface area contributed by atoms with Gasteiger partial charge in [0.25, 0.3) is 0 Å². The fourth-order valence-corrected chi connectivity index (χ4v) is 2.46. The smallest absolute Gasteiger partial charge is 0.208 e. The van der Waals surface area contributed by atoms with E-state index in [0.29, 0.717) is 5.52 Å². The maximum atomic E-state index is 10.0. The summed E-state index contributed by atoms with van der Waals surface area (Å²) in [6.07, 6.45) is 2.29. The fraction of sp³-hybridized carbons (Fsp3) is 0.417. The number of nitrogens with zero attached hydrogens (tertiary/aromatic N) is 4. The molecule has 3 N–H and O–H groups in total. The molecule has 1 aliphatic heterocycles. The largest absolute Gasteiger partial charge is 0.394 e. The third kappa shape index (κ3) is 2.16. The van der Waals surface area contributed by atoms with Crippen LogP contribution < -0.4 is 0 Å². The molecule has 1 aliphatic rings. The van der Waals surface area contributed by atoms with Gasteiger partial charge in [0.2, 0.25) is 5.82 Å². The van der Waals surface area contributed by atoms with Crippen molar-refractivity contribution in [1.29, 1.82) is 0 Å². The molecule has 110 valence electrons. The quantitative estimate of drug-likeness (QED) is 0.485. The summed E-state index contributed by atoms with van der Waals surface area (Å²) in [6, 6.07) is 0. The first-order valence-corrected chi connectivity index (χ1v) is 6.43. The van der Waals surface area contributed by atoms with E-state index in [9.17, 15) is 10.2 Å². The molecular weight excluding hydrogens is 300 g/mol. The van der Waals surface area contributed by atoms with E-state index in [2.05, 4.69) is 20.9 Å². The molecule has 3 heterocycles. The number of ether oxygens (including phenoxy) is 1. The van der Waals surface area contributed by atoms with Crippen LogP contribution in [0.2, 0.25) is 5.15 Å². The second-order valence-corrected chi connectivity index (χ2v) is 4.89. The summed E-state index contributed by atoms with van der Waals surface area (Å²) < 4.78 is 6.81. The molecule has 8 nitrogen and oxygen atoms in total. The van der Waals surface area contributed by atoms with Gasteiger partial charge < -0.3 is 20.1 Å². The van der Waals surface area contributed by atoms with Gasteiger partial charge in [-0.2, -0.15) is 0 Å². The summed E-state index contributed by atoms with van der Waals surface area (Å²) >= 11 is 5.97.